The Morgan fingerprint density at radius 3 is 2.89 bits per heavy atom. The van der Waals surface area contributed by atoms with E-state index >= 15 is 0 Å². The Labute approximate surface area is 110 Å². The van der Waals surface area contributed by atoms with Crippen LogP contribution in [0, 0.1) is 0 Å². The lowest BCUT2D eigenvalue weighted by molar-refractivity contribution is 0.414. The van der Waals surface area contributed by atoms with E-state index in [1.165, 1.54) is 0 Å². The summed E-state index contributed by atoms with van der Waals surface area (Å²) >= 11 is 6.17. The highest BCUT2D eigenvalue weighted by Gasteiger charge is 2.16. The standard InChI is InChI=1S/C11H14ClN5O/c1-7(13-2)11-14-15-16-17(11)10-6-8(18-3)4-5-9(10)12/h4-7,13H,1-3H3. The van der Waals surface area contributed by atoms with E-state index in [1.807, 2.05) is 14.0 Å². The molecule has 0 fully saturated rings. The van der Waals surface area contributed by atoms with Crippen molar-refractivity contribution in [1.29, 1.82) is 0 Å². The fourth-order valence-corrected chi connectivity index (χ4v) is 1.74. The molecule has 7 heteroatoms. The van der Waals surface area contributed by atoms with Crippen molar-refractivity contribution in [3.05, 3.63) is 29.0 Å². The van der Waals surface area contributed by atoms with Gasteiger partial charge in [0, 0.05) is 6.07 Å². The average Bonchev–Trinajstić information content (AvgIpc) is 2.87. The van der Waals surface area contributed by atoms with Crippen molar-refractivity contribution in [2.75, 3.05) is 14.2 Å². The third kappa shape index (κ3) is 2.30. The predicted molar refractivity (Wildman–Crippen MR) is 68.2 cm³/mol. The van der Waals surface area contributed by atoms with Crippen LogP contribution in [0.15, 0.2) is 18.2 Å². The summed E-state index contributed by atoms with van der Waals surface area (Å²) in [5.74, 6) is 1.39. The molecule has 1 N–H and O–H groups in total. The van der Waals surface area contributed by atoms with Gasteiger partial charge < -0.3 is 10.1 Å². The van der Waals surface area contributed by atoms with E-state index < -0.39 is 0 Å². The molecule has 2 rings (SSSR count). The van der Waals surface area contributed by atoms with Crippen LogP contribution in [-0.2, 0) is 0 Å². The lowest BCUT2D eigenvalue weighted by atomic mass is 10.2. The lowest BCUT2D eigenvalue weighted by Crippen LogP contribution is -2.18. The highest BCUT2D eigenvalue weighted by atomic mass is 35.5. The number of hydrogen-bond acceptors (Lipinski definition) is 5. The van der Waals surface area contributed by atoms with Gasteiger partial charge in [-0.2, -0.15) is 4.68 Å². The smallest absolute Gasteiger partial charge is 0.173 e. The van der Waals surface area contributed by atoms with Gasteiger partial charge >= 0.3 is 0 Å². The average molecular weight is 268 g/mol. The third-order valence-electron chi connectivity index (χ3n) is 2.70. The Balaban J connectivity index is 2.51. The van der Waals surface area contributed by atoms with E-state index in [-0.39, 0.29) is 6.04 Å². The molecule has 0 saturated carbocycles. The Hall–Kier alpha value is -1.66. The zero-order valence-electron chi connectivity index (χ0n) is 10.4. The molecule has 0 spiro atoms. The first kappa shape index (κ1) is 12.8. The fourth-order valence-electron chi connectivity index (χ4n) is 1.55. The first-order valence-corrected chi connectivity index (χ1v) is 5.84. The number of aromatic nitrogens is 4. The maximum Gasteiger partial charge on any atom is 0.173 e. The van der Waals surface area contributed by atoms with E-state index in [0.717, 1.165) is 0 Å². The number of nitrogens with one attached hydrogen (secondary N) is 1. The van der Waals surface area contributed by atoms with Gasteiger partial charge in [-0.15, -0.1) is 5.10 Å². The van der Waals surface area contributed by atoms with Crippen molar-refractivity contribution in [3.8, 4) is 11.4 Å². The van der Waals surface area contributed by atoms with Gasteiger partial charge in [0.1, 0.15) is 5.75 Å². The van der Waals surface area contributed by atoms with E-state index in [2.05, 4.69) is 20.8 Å². The highest BCUT2D eigenvalue weighted by molar-refractivity contribution is 6.32. The zero-order valence-corrected chi connectivity index (χ0v) is 11.1. The molecule has 1 heterocycles. The Bertz CT molecular complexity index is 542. The van der Waals surface area contributed by atoms with Crippen molar-refractivity contribution in [2.24, 2.45) is 0 Å². The van der Waals surface area contributed by atoms with Gasteiger partial charge in [-0.05, 0) is 36.5 Å². The Morgan fingerprint density at radius 2 is 2.22 bits per heavy atom. The lowest BCUT2D eigenvalue weighted by Gasteiger charge is -2.12. The van der Waals surface area contributed by atoms with Crippen LogP contribution in [0.1, 0.15) is 18.8 Å². The van der Waals surface area contributed by atoms with Crippen LogP contribution in [0.5, 0.6) is 5.75 Å². The molecule has 0 amide bonds. The van der Waals surface area contributed by atoms with Crippen molar-refractivity contribution in [1.82, 2.24) is 25.5 Å². The maximum absolute atomic E-state index is 6.17. The maximum atomic E-state index is 6.17. The predicted octanol–water partition coefficient (Wildman–Crippen LogP) is 1.60. The number of halogens is 1. The summed E-state index contributed by atoms with van der Waals surface area (Å²) in [6, 6.07) is 5.36. The summed E-state index contributed by atoms with van der Waals surface area (Å²) in [5, 5.41) is 15.3. The summed E-state index contributed by atoms with van der Waals surface area (Å²) in [7, 11) is 3.45. The molecule has 0 aliphatic heterocycles. The second-order valence-corrected chi connectivity index (χ2v) is 4.18. The molecule has 1 aromatic carbocycles. The zero-order chi connectivity index (χ0) is 13.1. The first-order chi connectivity index (χ1) is 8.67. The van der Waals surface area contributed by atoms with Crippen LogP contribution in [0.2, 0.25) is 5.02 Å². The van der Waals surface area contributed by atoms with Gasteiger partial charge in [-0.1, -0.05) is 11.6 Å². The first-order valence-electron chi connectivity index (χ1n) is 5.46. The Kier molecular flexibility index (Phi) is 3.78. The number of hydrogen-bond donors (Lipinski definition) is 1. The van der Waals surface area contributed by atoms with Crippen molar-refractivity contribution < 1.29 is 4.74 Å². The highest BCUT2D eigenvalue weighted by Crippen LogP contribution is 2.26. The van der Waals surface area contributed by atoms with Gasteiger partial charge in [-0.3, -0.25) is 0 Å². The topological polar surface area (TPSA) is 64.9 Å². The van der Waals surface area contributed by atoms with Crippen molar-refractivity contribution in [3.63, 3.8) is 0 Å². The van der Waals surface area contributed by atoms with Gasteiger partial charge in [0.15, 0.2) is 5.82 Å². The van der Waals surface area contributed by atoms with Gasteiger partial charge in [0.2, 0.25) is 0 Å². The van der Waals surface area contributed by atoms with E-state index in [4.69, 9.17) is 16.3 Å². The number of tetrazole rings is 1. The second-order valence-electron chi connectivity index (χ2n) is 3.78. The molecule has 1 unspecified atom stereocenters. The summed E-state index contributed by atoms with van der Waals surface area (Å²) in [6.07, 6.45) is 0. The molecule has 6 nitrogen and oxygen atoms in total. The summed E-state index contributed by atoms with van der Waals surface area (Å²) in [6.45, 7) is 1.97. The van der Waals surface area contributed by atoms with Crippen LogP contribution in [0.4, 0.5) is 0 Å². The van der Waals surface area contributed by atoms with Crippen molar-refractivity contribution in [2.45, 2.75) is 13.0 Å². The molecule has 0 aliphatic carbocycles. The van der Waals surface area contributed by atoms with E-state index in [9.17, 15) is 0 Å². The quantitative estimate of drug-likeness (QED) is 0.912. The number of benzene rings is 1. The van der Waals surface area contributed by atoms with E-state index in [1.54, 1.807) is 30.0 Å². The fraction of sp³-hybridized carbons (Fsp3) is 0.364. The van der Waals surface area contributed by atoms with Crippen LogP contribution in [-0.4, -0.2) is 34.4 Å². The number of methoxy groups -OCH3 is 1. The molecule has 0 aliphatic rings. The molecule has 0 saturated heterocycles. The summed E-state index contributed by atoms with van der Waals surface area (Å²) in [4.78, 5) is 0. The molecule has 0 bridgehead atoms. The molecule has 0 radical (unpaired) electrons. The minimum absolute atomic E-state index is 0.0160. The normalized spacial score (nSPS) is 12.4. The molecule has 1 aromatic heterocycles. The van der Waals surface area contributed by atoms with Crippen LogP contribution in [0.25, 0.3) is 5.69 Å². The summed E-state index contributed by atoms with van der Waals surface area (Å²) in [5.41, 5.74) is 0.693. The van der Waals surface area contributed by atoms with Gasteiger partial charge in [0.05, 0.1) is 23.9 Å². The minimum atomic E-state index is 0.0160. The minimum Gasteiger partial charge on any atom is -0.497 e. The molecule has 2 aromatic rings. The Morgan fingerprint density at radius 1 is 1.44 bits per heavy atom. The van der Waals surface area contributed by atoms with Gasteiger partial charge in [0.25, 0.3) is 0 Å². The molecular formula is C11H14ClN5O. The number of nitrogens with zero attached hydrogens (tertiary/aromatic N) is 4. The van der Waals surface area contributed by atoms with E-state index in [0.29, 0.717) is 22.3 Å². The van der Waals surface area contributed by atoms with Gasteiger partial charge in [-0.25, -0.2) is 0 Å². The molecule has 1 atom stereocenters. The number of ether oxygens (including phenoxy) is 1. The second kappa shape index (κ2) is 5.32. The van der Waals surface area contributed by atoms with Crippen LogP contribution in [0.3, 0.4) is 0 Å². The third-order valence-corrected chi connectivity index (χ3v) is 3.02. The van der Waals surface area contributed by atoms with Crippen molar-refractivity contribution >= 4 is 11.6 Å². The van der Waals surface area contributed by atoms with Crippen LogP contribution >= 0.6 is 11.6 Å². The number of rotatable bonds is 4. The largest absolute Gasteiger partial charge is 0.497 e. The monoisotopic (exact) mass is 267 g/mol. The molecule has 96 valence electrons. The SMILES string of the molecule is CNC(C)c1nnnn1-c1cc(OC)ccc1Cl. The molecular weight excluding hydrogens is 254 g/mol. The summed E-state index contributed by atoms with van der Waals surface area (Å²) < 4.78 is 6.78. The van der Waals surface area contributed by atoms with Crippen LogP contribution < -0.4 is 10.1 Å². The molecule has 18 heavy (non-hydrogen) atoms.